The van der Waals surface area contributed by atoms with Crippen LogP contribution in [0.15, 0.2) is 65.2 Å². The van der Waals surface area contributed by atoms with Gasteiger partial charge in [0.2, 0.25) is 0 Å². The Morgan fingerprint density at radius 1 is 1.02 bits per heavy atom. The van der Waals surface area contributed by atoms with Crippen LogP contribution in [0.3, 0.4) is 0 Å². The summed E-state index contributed by atoms with van der Waals surface area (Å²) in [6.45, 7) is 6.47. The van der Waals surface area contributed by atoms with E-state index in [1.165, 1.54) is 7.11 Å². The second-order valence-corrected chi connectivity index (χ2v) is 12.7. The summed E-state index contributed by atoms with van der Waals surface area (Å²) in [5, 5.41) is 5.20. The highest BCUT2D eigenvalue weighted by molar-refractivity contribution is 6.42. The Morgan fingerprint density at radius 2 is 1.82 bits per heavy atom. The van der Waals surface area contributed by atoms with Crippen molar-refractivity contribution in [1.29, 1.82) is 0 Å². The van der Waals surface area contributed by atoms with Gasteiger partial charge in [-0.15, -0.1) is 0 Å². The fourth-order valence-electron chi connectivity index (χ4n) is 6.22. The first-order valence-electron chi connectivity index (χ1n) is 15.2. The standard InChI is InChI=1S/C35H37Cl2N3O5/c1-5-32(23-8-11-29(36)30(37)14-23)43-28-9-6-22(7-10-28)34-20-39(3)17-26-13-24-15-31(35(41)42-4)40(18-25(24)16-33(26)44-34)19-27-12-21(2)45-38-27/h6-14,16,31-32,34H,5,15,17-20H2,1-4H3/t31-,32+,34+/m0/s1. The molecule has 0 N–H and O–H groups in total. The zero-order chi connectivity index (χ0) is 31.7. The first kappa shape index (κ1) is 31.4. The lowest BCUT2D eigenvalue weighted by molar-refractivity contribution is -0.148. The Bertz CT molecular complexity index is 1670. The first-order chi connectivity index (χ1) is 21.7. The molecule has 8 nitrogen and oxygen atoms in total. The van der Waals surface area contributed by atoms with E-state index < -0.39 is 6.04 Å². The molecule has 6 rings (SSSR count). The monoisotopic (exact) mass is 649 g/mol. The van der Waals surface area contributed by atoms with Gasteiger partial charge in [0.25, 0.3) is 0 Å². The highest BCUT2D eigenvalue weighted by Gasteiger charge is 2.34. The molecule has 3 atom stereocenters. The number of hydrogen-bond acceptors (Lipinski definition) is 8. The number of methoxy groups -OCH3 is 1. The maximum atomic E-state index is 12.8. The number of rotatable bonds is 8. The number of aromatic nitrogens is 1. The van der Waals surface area contributed by atoms with E-state index in [9.17, 15) is 4.79 Å². The molecule has 0 spiro atoms. The lowest BCUT2D eigenvalue weighted by atomic mass is 9.91. The molecular formula is C35H37Cl2N3O5. The summed E-state index contributed by atoms with van der Waals surface area (Å²) in [4.78, 5) is 17.2. The summed E-state index contributed by atoms with van der Waals surface area (Å²) < 4.78 is 23.5. The summed E-state index contributed by atoms with van der Waals surface area (Å²) in [6, 6.07) is 19.6. The van der Waals surface area contributed by atoms with E-state index in [4.69, 9.17) is 41.9 Å². The number of ether oxygens (including phenoxy) is 3. The Balaban J connectivity index is 1.21. The van der Waals surface area contributed by atoms with E-state index in [1.54, 1.807) is 6.07 Å². The van der Waals surface area contributed by atoms with Crippen molar-refractivity contribution < 1.29 is 23.5 Å². The lowest BCUT2D eigenvalue weighted by Crippen LogP contribution is -2.45. The molecule has 4 aromatic rings. The number of carbonyl (C=O) groups is 1. The van der Waals surface area contributed by atoms with Crippen molar-refractivity contribution in [3.05, 3.63) is 110 Å². The van der Waals surface area contributed by atoms with Gasteiger partial charge in [-0.1, -0.05) is 59.5 Å². The fraction of sp³-hybridized carbons (Fsp3) is 0.371. The number of fused-ring (bicyclic) bond motifs is 2. The normalized spacial score (nSPS) is 19.2. The maximum Gasteiger partial charge on any atom is 0.323 e. The van der Waals surface area contributed by atoms with E-state index in [1.807, 2.05) is 37.3 Å². The molecule has 0 fully saturated rings. The van der Waals surface area contributed by atoms with Crippen molar-refractivity contribution in [3.63, 3.8) is 0 Å². The van der Waals surface area contributed by atoms with Crippen molar-refractivity contribution in [1.82, 2.24) is 15.0 Å². The van der Waals surface area contributed by atoms with Crippen LogP contribution in [0, 0.1) is 6.92 Å². The van der Waals surface area contributed by atoms with Crippen LogP contribution in [-0.4, -0.2) is 47.7 Å². The molecule has 236 valence electrons. The largest absolute Gasteiger partial charge is 0.486 e. The zero-order valence-electron chi connectivity index (χ0n) is 25.9. The zero-order valence-corrected chi connectivity index (χ0v) is 27.4. The summed E-state index contributed by atoms with van der Waals surface area (Å²) >= 11 is 12.4. The number of hydrogen-bond donors (Lipinski definition) is 0. The number of likely N-dealkylation sites (N-methyl/N-ethyl adjacent to an activating group) is 1. The third-order valence-electron chi connectivity index (χ3n) is 8.53. The second-order valence-electron chi connectivity index (χ2n) is 11.9. The Labute approximate surface area is 273 Å². The molecule has 1 aromatic heterocycles. The van der Waals surface area contributed by atoms with E-state index in [2.05, 4.69) is 53.2 Å². The molecule has 3 aromatic carbocycles. The predicted octanol–water partition coefficient (Wildman–Crippen LogP) is 7.49. The Kier molecular flexibility index (Phi) is 9.38. The van der Waals surface area contributed by atoms with Crippen LogP contribution in [0.5, 0.6) is 11.5 Å². The van der Waals surface area contributed by atoms with E-state index in [0.29, 0.717) is 29.6 Å². The van der Waals surface area contributed by atoms with Crippen molar-refractivity contribution >= 4 is 29.2 Å². The average Bonchev–Trinajstić information content (AvgIpc) is 3.37. The van der Waals surface area contributed by atoms with Crippen molar-refractivity contribution in [2.75, 3.05) is 20.7 Å². The smallest absolute Gasteiger partial charge is 0.323 e. The van der Waals surface area contributed by atoms with E-state index >= 15 is 0 Å². The highest BCUT2D eigenvalue weighted by Crippen LogP contribution is 2.37. The molecule has 0 unspecified atom stereocenters. The number of carbonyl (C=O) groups excluding carboxylic acids is 1. The minimum Gasteiger partial charge on any atom is -0.486 e. The third-order valence-corrected chi connectivity index (χ3v) is 9.27. The summed E-state index contributed by atoms with van der Waals surface area (Å²) in [5.41, 5.74) is 6.21. The van der Waals surface area contributed by atoms with Crippen LogP contribution in [-0.2, 0) is 35.6 Å². The number of esters is 1. The predicted molar refractivity (Wildman–Crippen MR) is 173 cm³/mol. The molecule has 0 radical (unpaired) electrons. The Hall–Kier alpha value is -3.56. The molecule has 3 heterocycles. The van der Waals surface area contributed by atoms with Crippen LogP contribution in [0.4, 0.5) is 0 Å². The molecule has 0 saturated carbocycles. The minimum atomic E-state index is -0.403. The topological polar surface area (TPSA) is 77.3 Å². The van der Waals surface area contributed by atoms with Crippen molar-refractivity contribution in [2.24, 2.45) is 0 Å². The SMILES string of the molecule is CC[C@@H](Oc1ccc([C@H]2CN(C)Cc3cc4c(cc3O2)CN(Cc2cc(C)on2)[C@H](C(=O)OC)C4)cc1)c1ccc(Cl)c(Cl)c1. The van der Waals surface area contributed by atoms with Crippen molar-refractivity contribution in [3.8, 4) is 11.5 Å². The number of benzene rings is 3. The molecule has 0 saturated heterocycles. The molecule has 2 aliphatic heterocycles. The highest BCUT2D eigenvalue weighted by atomic mass is 35.5. The van der Waals surface area contributed by atoms with Gasteiger partial charge >= 0.3 is 5.97 Å². The van der Waals surface area contributed by atoms with Gasteiger partial charge in [-0.3, -0.25) is 14.6 Å². The first-order valence-corrected chi connectivity index (χ1v) is 15.9. The van der Waals surface area contributed by atoms with Gasteiger partial charge in [0, 0.05) is 37.8 Å². The molecular weight excluding hydrogens is 613 g/mol. The summed E-state index contributed by atoms with van der Waals surface area (Å²) in [7, 11) is 3.54. The van der Waals surface area contributed by atoms with Crippen LogP contribution in [0.1, 0.15) is 64.8 Å². The fourth-order valence-corrected chi connectivity index (χ4v) is 6.52. The van der Waals surface area contributed by atoms with Gasteiger partial charge in [0.15, 0.2) is 0 Å². The molecule has 45 heavy (non-hydrogen) atoms. The van der Waals surface area contributed by atoms with Gasteiger partial charge in [0.05, 0.1) is 22.8 Å². The Morgan fingerprint density at radius 3 is 2.51 bits per heavy atom. The number of halogens is 2. The second kappa shape index (κ2) is 13.4. The quantitative estimate of drug-likeness (QED) is 0.182. The molecule has 10 heteroatoms. The van der Waals surface area contributed by atoms with Gasteiger partial charge in [-0.05, 0) is 79.4 Å². The van der Waals surface area contributed by atoms with Gasteiger partial charge in [-0.2, -0.15) is 0 Å². The van der Waals surface area contributed by atoms with Crippen molar-refractivity contribution in [2.45, 2.75) is 64.6 Å². The van der Waals surface area contributed by atoms with Crippen LogP contribution in [0.25, 0.3) is 0 Å². The van der Waals surface area contributed by atoms with E-state index in [-0.39, 0.29) is 18.2 Å². The molecule has 2 aliphatic rings. The number of nitrogens with zero attached hydrogens (tertiary/aromatic N) is 3. The summed E-state index contributed by atoms with van der Waals surface area (Å²) in [6.07, 6.45) is 1.03. The van der Waals surface area contributed by atoms with Crippen LogP contribution in [0.2, 0.25) is 10.0 Å². The van der Waals surface area contributed by atoms with Gasteiger partial charge in [-0.25, -0.2) is 0 Å². The molecule has 0 bridgehead atoms. The van der Waals surface area contributed by atoms with E-state index in [0.717, 1.165) is 70.3 Å². The third kappa shape index (κ3) is 6.99. The molecule has 0 amide bonds. The summed E-state index contributed by atoms with van der Waals surface area (Å²) in [5.74, 6) is 2.12. The molecule has 0 aliphatic carbocycles. The minimum absolute atomic E-state index is 0.143. The van der Waals surface area contributed by atoms with Crippen LogP contribution < -0.4 is 9.47 Å². The maximum absolute atomic E-state index is 12.8. The van der Waals surface area contributed by atoms with Gasteiger partial charge < -0.3 is 18.7 Å². The average molecular weight is 651 g/mol. The lowest BCUT2D eigenvalue weighted by Gasteiger charge is -2.35. The van der Waals surface area contributed by atoms with Gasteiger partial charge in [0.1, 0.15) is 35.5 Å². The van der Waals surface area contributed by atoms with Crippen LogP contribution >= 0.6 is 23.2 Å². The number of aryl methyl sites for hydroxylation is 1.